The van der Waals surface area contributed by atoms with Crippen LogP contribution in [-0.2, 0) is 19.6 Å². The second-order valence-electron chi connectivity index (χ2n) is 5.79. The van der Waals surface area contributed by atoms with E-state index in [4.69, 9.17) is 9.47 Å². The van der Waals surface area contributed by atoms with Crippen LogP contribution in [-0.4, -0.2) is 57.5 Å². The number of carbonyl (C=O) groups excluding carboxylic acids is 2. The first-order valence-electron chi connectivity index (χ1n) is 8.02. The van der Waals surface area contributed by atoms with Gasteiger partial charge in [-0.2, -0.15) is 0 Å². The molecule has 0 atom stereocenters. The van der Waals surface area contributed by atoms with Crippen LogP contribution in [0.3, 0.4) is 0 Å². The van der Waals surface area contributed by atoms with E-state index in [-0.39, 0.29) is 27.6 Å². The zero-order valence-corrected chi connectivity index (χ0v) is 16.3. The zero-order chi connectivity index (χ0) is 20.9. The van der Waals surface area contributed by atoms with E-state index in [1.165, 1.54) is 57.6 Å². The molecule has 0 aliphatic rings. The third-order valence-electron chi connectivity index (χ3n) is 3.68. The highest BCUT2D eigenvalue weighted by Gasteiger charge is 2.20. The van der Waals surface area contributed by atoms with E-state index >= 15 is 0 Å². The lowest BCUT2D eigenvalue weighted by molar-refractivity contribution is -0.119. The van der Waals surface area contributed by atoms with Crippen LogP contribution in [0.25, 0.3) is 0 Å². The minimum atomic E-state index is -3.71. The Balaban J connectivity index is 2.12. The molecule has 2 aromatic rings. The number of aromatic hydroxyl groups is 1. The summed E-state index contributed by atoms with van der Waals surface area (Å²) >= 11 is 0. The molecule has 0 saturated carbocycles. The average molecular weight is 408 g/mol. The number of phenolic OH excluding ortho intramolecular Hbond substituents is 1. The molecule has 0 radical (unpaired) electrons. The number of esters is 1. The summed E-state index contributed by atoms with van der Waals surface area (Å²) in [4.78, 5) is 24.0. The van der Waals surface area contributed by atoms with Gasteiger partial charge in [-0.1, -0.05) is 12.1 Å². The smallest absolute Gasteiger partial charge is 0.342 e. The molecule has 0 aliphatic carbocycles. The summed E-state index contributed by atoms with van der Waals surface area (Å²) < 4.78 is 35.5. The van der Waals surface area contributed by atoms with Crippen molar-refractivity contribution in [3.8, 4) is 11.5 Å². The molecule has 0 fully saturated rings. The first-order valence-corrected chi connectivity index (χ1v) is 9.46. The standard InChI is InChI=1S/C18H20N2O7S/c1-20(2)28(24,25)12-8-9-16(26-3)14(10-12)19-17(22)11-27-18(23)13-6-4-5-7-15(13)21/h4-10,21H,11H2,1-3H3,(H,19,22). The van der Waals surface area contributed by atoms with Crippen LogP contribution in [0.5, 0.6) is 11.5 Å². The highest BCUT2D eigenvalue weighted by atomic mass is 32.2. The zero-order valence-electron chi connectivity index (χ0n) is 15.5. The predicted octanol–water partition coefficient (Wildman–Crippen LogP) is 1.45. The molecule has 2 rings (SSSR count). The van der Waals surface area contributed by atoms with E-state index in [1.807, 2.05) is 0 Å². The summed E-state index contributed by atoms with van der Waals surface area (Å²) in [5, 5.41) is 12.1. The quantitative estimate of drug-likeness (QED) is 0.665. The first kappa shape index (κ1) is 21.2. The van der Waals surface area contributed by atoms with Crippen molar-refractivity contribution < 1.29 is 32.6 Å². The summed E-state index contributed by atoms with van der Waals surface area (Å²) in [6.45, 7) is -0.638. The van der Waals surface area contributed by atoms with Crippen molar-refractivity contribution in [2.24, 2.45) is 0 Å². The van der Waals surface area contributed by atoms with Gasteiger partial charge in [0.05, 0.1) is 17.7 Å². The topological polar surface area (TPSA) is 122 Å². The lowest BCUT2D eigenvalue weighted by atomic mass is 10.2. The van der Waals surface area contributed by atoms with Crippen LogP contribution in [0.2, 0.25) is 0 Å². The largest absolute Gasteiger partial charge is 0.507 e. The number of ether oxygens (including phenoxy) is 2. The van der Waals surface area contributed by atoms with E-state index in [9.17, 15) is 23.1 Å². The molecule has 2 aromatic carbocycles. The molecule has 1 amide bonds. The SMILES string of the molecule is COc1ccc(S(=O)(=O)N(C)C)cc1NC(=O)COC(=O)c1ccccc1O. The van der Waals surface area contributed by atoms with Gasteiger partial charge in [0.2, 0.25) is 10.0 Å². The highest BCUT2D eigenvalue weighted by Crippen LogP contribution is 2.28. The van der Waals surface area contributed by atoms with Gasteiger partial charge < -0.3 is 19.9 Å². The Morgan fingerprint density at radius 3 is 2.43 bits per heavy atom. The van der Waals surface area contributed by atoms with Crippen LogP contribution in [0.1, 0.15) is 10.4 Å². The van der Waals surface area contributed by atoms with Gasteiger partial charge in [0, 0.05) is 14.1 Å². The van der Waals surface area contributed by atoms with Crippen molar-refractivity contribution >= 4 is 27.6 Å². The van der Waals surface area contributed by atoms with Gasteiger partial charge in [0.1, 0.15) is 17.1 Å². The van der Waals surface area contributed by atoms with E-state index in [2.05, 4.69) is 5.32 Å². The van der Waals surface area contributed by atoms with Crippen molar-refractivity contribution in [3.63, 3.8) is 0 Å². The summed E-state index contributed by atoms with van der Waals surface area (Å²) in [6.07, 6.45) is 0. The van der Waals surface area contributed by atoms with Gasteiger partial charge in [0.15, 0.2) is 6.61 Å². The van der Waals surface area contributed by atoms with Gasteiger partial charge >= 0.3 is 5.97 Å². The number of benzene rings is 2. The summed E-state index contributed by atoms with van der Waals surface area (Å²) in [5.41, 5.74) is 0.0287. The molecule has 0 heterocycles. The Morgan fingerprint density at radius 2 is 1.82 bits per heavy atom. The molecule has 2 N–H and O–H groups in total. The van der Waals surface area contributed by atoms with Crippen LogP contribution in [0, 0.1) is 0 Å². The van der Waals surface area contributed by atoms with Crippen molar-refractivity contribution in [1.82, 2.24) is 4.31 Å². The number of phenols is 1. The maximum Gasteiger partial charge on any atom is 0.342 e. The fourth-order valence-electron chi connectivity index (χ4n) is 2.20. The average Bonchev–Trinajstić information content (AvgIpc) is 2.66. The second-order valence-corrected chi connectivity index (χ2v) is 7.94. The van der Waals surface area contributed by atoms with Gasteiger partial charge in [-0.3, -0.25) is 4.79 Å². The summed E-state index contributed by atoms with van der Waals surface area (Å²) in [6, 6.07) is 9.75. The van der Waals surface area contributed by atoms with Crippen molar-refractivity contribution in [1.29, 1.82) is 0 Å². The Morgan fingerprint density at radius 1 is 1.14 bits per heavy atom. The Kier molecular flexibility index (Phi) is 6.60. The molecule has 150 valence electrons. The van der Waals surface area contributed by atoms with Gasteiger partial charge in [-0.15, -0.1) is 0 Å². The number of nitrogens with one attached hydrogen (secondary N) is 1. The molecule has 0 aliphatic heterocycles. The van der Waals surface area contributed by atoms with Gasteiger partial charge in [-0.25, -0.2) is 17.5 Å². The van der Waals surface area contributed by atoms with E-state index in [0.717, 1.165) is 4.31 Å². The maximum absolute atomic E-state index is 12.3. The maximum atomic E-state index is 12.3. The van der Waals surface area contributed by atoms with Crippen LogP contribution in [0.4, 0.5) is 5.69 Å². The number of sulfonamides is 1. The van der Waals surface area contributed by atoms with E-state index < -0.39 is 28.5 Å². The van der Waals surface area contributed by atoms with Crippen molar-refractivity contribution in [2.75, 3.05) is 33.1 Å². The number of para-hydroxylation sites is 1. The number of nitrogens with zero attached hydrogens (tertiary/aromatic N) is 1. The highest BCUT2D eigenvalue weighted by molar-refractivity contribution is 7.89. The number of hydrogen-bond acceptors (Lipinski definition) is 7. The molecule has 28 heavy (non-hydrogen) atoms. The summed E-state index contributed by atoms with van der Waals surface area (Å²) in [5.74, 6) is -1.61. The second kappa shape index (κ2) is 8.72. The van der Waals surface area contributed by atoms with Crippen LogP contribution < -0.4 is 10.1 Å². The Hall–Kier alpha value is -3.11. The molecule has 0 bridgehead atoms. The Labute approximate surface area is 162 Å². The number of methoxy groups -OCH3 is 1. The number of amides is 1. The summed E-state index contributed by atoms with van der Waals surface area (Å²) in [7, 11) is 0.421. The van der Waals surface area contributed by atoms with Gasteiger partial charge in [0.25, 0.3) is 5.91 Å². The molecule has 10 heteroatoms. The van der Waals surface area contributed by atoms with Crippen molar-refractivity contribution in [2.45, 2.75) is 4.90 Å². The number of rotatable bonds is 7. The molecule has 0 spiro atoms. The minimum absolute atomic E-state index is 0.0418. The minimum Gasteiger partial charge on any atom is -0.507 e. The molecule has 9 nitrogen and oxygen atoms in total. The molecule has 0 unspecified atom stereocenters. The van der Waals surface area contributed by atoms with Gasteiger partial charge in [-0.05, 0) is 30.3 Å². The van der Waals surface area contributed by atoms with Crippen LogP contribution in [0.15, 0.2) is 47.4 Å². The lowest BCUT2D eigenvalue weighted by Crippen LogP contribution is -2.23. The molecular formula is C18H20N2O7S. The fraction of sp³-hybridized carbons (Fsp3) is 0.222. The van der Waals surface area contributed by atoms with E-state index in [0.29, 0.717) is 0 Å². The number of anilines is 1. The third kappa shape index (κ3) is 4.78. The predicted molar refractivity (Wildman–Crippen MR) is 101 cm³/mol. The van der Waals surface area contributed by atoms with Crippen molar-refractivity contribution in [3.05, 3.63) is 48.0 Å². The van der Waals surface area contributed by atoms with E-state index in [1.54, 1.807) is 6.07 Å². The first-order chi connectivity index (χ1) is 13.2. The third-order valence-corrected chi connectivity index (χ3v) is 5.49. The number of hydrogen-bond donors (Lipinski definition) is 2. The molecule has 0 aromatic heterocycles. The monoisotopic (exact) mass is 408 g/mol. The molecule has 0 saturated heterocycles. The fourth-order valence-corrected chi connectivity index (χ4v) is 3.13. The molecular weight excluding hydrogens is 388 g/mol. The van der Waals surface area contributed by atoms with Crippen LogP contribution >= 0.6 is 0 Å². The normalized spacial score (nSPS) is 11.1. The Bertz CT molecular complexity index is 987. The number of carbonyl (C=O) groups is 2. The lowest BCUT2D eigenvalue weighted by Gasteiger charge is -2.15.